The van der Waals surface area contributed by atoms with Crippen molar-refractivity contribution in [3.05, 3.63) is 0 Å². The van der Waals surface area contributed by atoms with Crippen molar-refractivity contribution in [2.45, 2.75) is 125 Å². The lowest BCUT2D eigenvalue weighted by atomic mass is 9.40. The van der Waals surface area contributed by atoms with Gasteiger partial charge in [-0.2, -0.15) is 0 Å². The molecule has 0 aromatic carbocycles. The zero-order chi connectivity index (χ0) is 29.7. The van der Waals surface area contributed by atoms with Crippen molar-refractivity contribution in [1.29, 1.82) is 0 Å². The van der Waals surface area contributed by atoms with Crippen LogP contribution < -0.4 is 0 Å². The molecule has 0 radical (unpaired) electrons. The van der Waals surface area contributed by atoms with Crippen LogP contribution in [0.5, 0.6) is 0 Å². The predicted molar refractivity (Wildman–Crippen MR) is 139 cm³/mol. The Balaban J connectivity index is 1.27. The van der Waals surface area contributed by atoms with Gasteiger partial charge >= 0.3 is 5.97 Å². The molecule has 6 fully saturated rings. The van der Waals surface area contributed by atoms with Crippen LogP contribution in [0.4, 0.5) is 0 Å². The number of carbonyl (C=O) groups excluding carboxylic acids is 1. The van der Waals surface area contributed by atoms with E-state index in [2.05, 4.69) is 0 Å². The van der Waals surface area contributed by atoms with Gasteiger partial charge < -0.3 is 55.1 Å². The van der Waals surface area contributed by atoms with Gasteiger partial charge in [0.2, 0.25) is 0 Å². The maximum absolute atomic E-state index is 12.4. The van der Waals surface area contributed by atoms with E-state index in [1.54, 1.807) is 0 Å². The number of carbonyl (C=O) groups is 1. The summed E-state index contributed by atoms with van der Waals surface area (Å²) in [4.78, 5) is 11.9. The summed E-state index contributed by atoms with van der Waals surface area (Å²) in [5.41, 5.74) is -5.13. The molecule has 234 valence electrons. The van der Waals surface area contributed by atoms with Gasteiger partial charge in [-0.05, 0) is 50.9 Å². The molecule has 16 atom stereocenters. The van der Waals surface area contributed by atoms with Crippen LogP contribution in [0, 0.1) is 34.5 Å². The molecule has 4 saturated carbocycles. The maximum Gasteiger partial charge on any atom is 0.306 e. The lowest BCUT2D eigenvalue weighted by Crippen LogP contribution is -2.76. The molecule has 0 aromatic heterocycles. The summed E-state index contributed by atoms with van der Waals surface area (Å²) < 4.78 is 16.8. The molecule has 12 nitrogen and oxygen atoms in total. The molecule has 2 heterocycles. The minimum atomic E-state index is -1.66. The number of hydrogen-bond donors (Lipinski definition) is 8. The molecular formula is C29H46O12. The molecule has 2 aliphatic heterocycles. The number of esters is 1. The lowest BCUT2D eigenvalue weighted by molar-refractivity contribution is -0.342. The smallest absolute Gasteiger partial charge is 0.306 e. The number of ether oxygens (including phenoxy) is 3. The summed E-state index contributed by atoms with van der Waals surface area (Å²) in [6, 6.07) is 0. The van der Waals surface area contributed by atoms with Gasteiger partial charge in [-0.1, -0.05) is 6.92 Å². The second-order valence-electron chi connectivity index (χ2n) is 14.2. The number of hydrogen-bond acceptors (Lipinski definition) is 12. The molecule has 0 aromatic rings. The average molecular weight is 587 g/mol. The van der Waals surface area contributed by atoms with Crippen molar-refractivity contribution in [3.8, 4) is 0 Å². The molecule has 0 amide bonds. The minimum absolute atomic E-state index is 0.0278. The molecule has 4 aliphatic carbocycles. The van der Waals surface area contributed by atoms with Crippen LogP contribution in [-0.2, 0) is 19.0 Å². The van der Waals surface area contributed by atoms with Crippen molar-refractivity contribution in [2.24, 2.45) is 34.5 Å². The summed E-state index contributed by atoms with van der Waals surface area (Å²) in [6.45, 7) is 3.20. The maximum atomic E-state index is 12.4. The van der Waals surface area contributed by atoms with Gasteiger partial charge in [0.1, 0.15) is 18.3 Å². The van der Waals surface area contributed by atoms with Crippen molar-refractivity contribution < 1.29 is 59.9 Å². The highest BCUT2D eigenvalue weighted by molar-refractivity contribution is 5.71. The van der Waals surface area contributed by atoms with Gasteiger partial charge in [0.25, 0.3) is 0 Å². The molecule has 2 saturated heterocycles. The van der Waals surface area contributed by atoms with Crippen molar-refractivity contribution in [1.82, 2.24) is 0 Å². The first kappa shape index (κ1) is 30.1. The Bertz CT molecular complexity index is 1030. The monoisotopic (exact) mass is 586 g/mol. The van der Waals surface area contributed by atoms with E-state index < -0.39 is 89.5 Å². The predicted octanol–water partition coefficient (Wildman–Crippen LogP) is -1.44. The fourth-order valence-corrected chi connectivity index (χ4v) is 10.5. The molecule has 12 heteroatoms. The summed E-state index contributed by atoms with van der Waals surface area (Å²) in [5.74, 6) is -1.63. The largest absolute Gasteiger partial charge is 0.465 e. The number of aliphatic hydroxyl groups is 8. The zero-order valence-corrected chi connectivity index (χ0v) is 23.7. The molecule has 0 bridgehead atoms. The van der Waals surface area contributed by atoms with Crippen molar-refractivity contribution >= 4 is 5.97 Å². The molecule has 6 rings (SSSR count). The fraction of sp³-hybridized carbons (Fsp3) is 0.966. The van der Waals surface area contributed by atoms with Crippen LogP contribution >= 0.6 is 0 Å². The van der Waals surface area contributed by atoms with Gasteiger partial charge in [-0.25, -0.2) is 0 Å². The van der Waals surface area contributed by atoms with Crippen LogP contribution in [0.3, 0.4) is 0 Å². The van der Waals surface area contributed by atoms with E-state index in [0.717, 1.165) is 0 Å². The third kappa shape index (κ3) is 4.05. The first-order valence-electron chi connectivity index (χ1n) is 15.1. The van der Waals surface area contributed by atoms with Crippen LogP contribution in [0.2, 0.25) is 0 Å². The van der Waals surface area contributed by atoms with E-state index in [9.17, 15) is 45.6 Å². The molecule has 6 aliphatic rings. The lowest BCUT2D eigenvalue weighted by Gasteiger charge is -2.68. The van der Waals surface area contributed by atoms with Gasteiger partial charge in [-0.3, -0.25) is 4.79 Å². The van der Waals surface area contributed by atoms with Gasteiger partial charge in [0.05, 0.1) is 60.7 Å². The van der Waals surface area contributed by atoms with E-state index in [-0.39, 0.29) is 49.9 Å². The normalized spacial score (nSPS) is 58.8. The van der Waals surface area contributed by atoms with Gasteiger partial charge in [0, 0.05) is 30.1 Å². The van der Waals surface area contributed by atoms with Crippen molar-refractivity contribution in [3.63, 3.8) is 0 Å². The zero-order valence-electron chi connectivity index (χ0n) is 23.7. The number of aliphatic hydroxyl groups excluding tert-OH is 6. The third-order valence-corrected chi connectivity index (χ3v) is 12.6. The fourth-order valence-electron chi connectivity index (χ4n) is 10.5. The Labute approximate surface area is 239 Å². The summed E-state index contributed by atoms with van der Waals surface area (Å²) in [7, 11) is 0. The topological polar surface area (TPSA) is 207 Å². The quantitative estimate of drug-likeness (QED) is 0.141. The number of fused-ring (bicyclic) bond motifs is 5. The molecule has 41 heavy (non-hydrogen) atoms. The Kier molecular flexibility index (Phi) is 7.38. The molecule has 8 unspecified atom stereocenters. The Morgan fingerprint density at radius 1 is 0.976 bits per heavy atom. The number of cyclic esters (lactones) is 1. The highest BCUT2D eigenvalue weighted by atomic mass is 16.7. The summed E-state index contributed by atoms with van der Waals surface area (Å²) in [5, 5.41) is 89.7. The average Bonchev–Trinajstić information content (AvgIpc) is 3.45. The first-order valence-corrected chi connectivity index (χ1v) is 15.1. The van der Waals surface area contributed by atoms with E-state index in [1.165, 1.54) is 6.92 Å². The molecular weight excluding hydrogens is 540 g/mol. The molecule has 0 spiro atoms. The molecule has 8 N–H and O–H groups in total. The Morgan fingerprint density at radius 3 is 2.34 bits per heavy atom. The second-order valence-corrected chi connectivity index (χ2v) is 14.2. The SMILES string of the molecule is CC1O[C@H](O[C@H]2C[C@@H](O)[C@@]3(CO)C4C(O)C[C@]5(C)C(C6COC(=O)C6)CC[C@]5(O)C4CC[C@]3(O)C2)C(O)C(O)[C@H]1O. The standard InChI is InChI=1S/C29H46O12/c1-13-22(34)23(35)24(36)25(40-13)41-15-8-19(32)28(12-30)21-17(3-5-27(28,37)9-15)29(38)6-4-16(14-7-20(33)39-11-14)26(29,2)10-18(21)31/h13-19,21-25,30-32,34-38H,3-12H2,1-2H3/t13?,14?,15-,16?,17?,18?,19+,21?,22-,23?,24?,25+,26+,27-,28-,29-/m0/s1. The van der Waals surface area contributed by atoms with E-state index in [0.29, 0.717) is 25.9 Å². The van der Waals surface area contributed by atoms with Gasteiger partial charge in [0.15, 0.2) is 6.29 Å². The van der Waals surface area contributed by atoms with Crippen LogP contribution in [0.1, 0.15) is 65.2 Å². The Hall–Kier alpha value is -0.930. The minimum Gasteiger partial charge on any atom is -0.465 e. The summed E-state index contributed by atoms with van der Waals surface area (Å²) >= 11 is 0. The van der Waals surface area contributed by atoms with Gasteiger partial charge in [-0.15, -0.1) is 0 Å². The van der Waals surface area contributed by atoms with Crippen molar-refractivity contribution in [2.75, 3.05) is 13.2 Å². The highest BCUT2D eigenvalue weighted by Gasteiger charge is 2.75. The van der Waals surface area contributed by atoms with E-state index in [1.807, 2.05) is 6.92 Å². The first-order chi connectivity index (χ1) is 19.2. The van der Waals surface area contributed by atoms with E-state index >= 15 is 0 Å². The number of rotatable bonds is 4. The Morgan fingerprint density at radius 2 is 1.68 bits per heavy atom. The summed E-state index contributed by atoms with van der Waals surface area (Å²) in [6.07, 6.45) is -7.60. The third-order valence-electron chi connectivity index (χ3n) is 12.6. The highest BCUT2D eigenvalue weighted by Crippen LogP contribution is 2.71. The second kappa shape index (κ2) is 10.0. The van der Waals surface area contributed by atoms with Crippen LogP contribution in [-0.4, -0.2) is 120 Å². The van der Waals surface area contributed by atoms with Crippen LogP contribution in [0.15, 0.2) is 0 Å². The van der Waals surface area contributed by atoms with E-state index in [4.69, 9.17) is 14.2 Å². The van der Waals surface area contributed by atoms with Crippen LogP contribution in [0.25, 0.3) is 0 Å².